The Morgan fingerprint density at radius 2 is 1.62 bits per heavy atom. The van der Waals surface area contributed by atoms with Gasteiger partial charge in [0, 0.05) is 5.70 Å². The number of hydrogen-bond acceptors (Lipinski definition) is 1. The number of nitrogens with two attached hydrogens (primary N) is 1. The highest BCUT2D eigenvalue weighted by molar-refractivity contribution is 5.63. The second kappa shape index (κ2) is 7.30. The Morgan fingerprint density at radius 1 is 1.00 bits per heavy atom. The number of benzene rings is 2. The highest BCUT2D eigenvalue weighted by atomic mass is 14.6. The van der Waals surface area contributed by atoms with E-state index in [-0.39, 0.29) is 0 Å². The molecule has 0 aliphatic rings. The average molecular weight is 275 g/mol. The normalized spacial score (nSPS) is 12.2. The van der Waals surface area contributed by atoms with Crippen LogP contribution in [0.4, 0.5) is 0 Å². The van der Waals surface area contributed by atoms with Gasteiger partial charge in [0.1, 0.15) is 0 Å². The summed E-state index contributed by atoms with van der Waals surface area (Å²) in [5, 5.41) is 0. The molecule has 0 aliphatic heterocycles. The van der Waals surface area contributed by atoms with Gasteiger partial charge in [-0.1, -0.05) is 79.4 Å². The molecule has 106 valence electrons. The maximum atomic E-state index is 6.02. The van der Waals surface area contributed by atoms with Gasteiger partial charge in [0.25, 0.3) is 0 Å². The van der Waals surface area contributed by atoms with Gasteiger partial charge in [-0.3, -0.25) is 0 Å². The maximum Gasteiger partial charge on any atom is 0.0306 e. The molecule has 2 aromatic carbocycles. The number of allylic oxidation sites excluding steroid dienone is 4. The molecular formula is C20H21N. The summed E-state index contributed by atoms with van der Waals surface area (Å²) in [5.74, 6) is 0. The van der Waals surface area contributed by atoms with Gasteiger partial charge in [0.2, 0.25) is 0 Å². The van der Waals surface area contributed by atoms with Crippen LogP contribution in [0.3, 0.4) is 0 Å². The summed E-state index contributed by atoms with van der Waals surface area (Å²) in [4.78, 5) is 0. The third-order valence-corrected chi connectivity index (χ3v) is 3.44. The summed E-state index contributed by atoms with van der Waals surface area (Å²) < 4.78 is 0. The SMILES string of the molecule is C=C/C=C(C)/C(N)=C/Cc1ccc(-c2ccccc2)cc1. The number of hydrogen-bond donors (Lipinski definition) is 1. The zero-order chi connectivity index (χ0) is 15.1. The van der Waals surface area contributed by atoms with Crippen molar-refractivity contribution in [2.45, 2.75) is 13.3 Å². The zero-order valence-electron chi connectivity index (χ0n) is 12.4. The van der Waals surface area contributed by atoms with E-state index in [2.05, 4.69) is 55.1 Å². The van der Waals surface area contributed by atoms with Gasteiger partial charge in [-0.05, 0) is 35.6 Å². The van der Waals surface area contributed by atoms with E-state index < -0.39 is 0 Å². The van der Waals surface area contributed by atoms with Crippen molar-refractivity contribution in [1.29, 1.82) is 0 Å². The fraction of sp³-hybridized carbons (Fsp3) is 0.100. The molecule has 0 radical (unpaired) electrons. The van der Waals surface area contributed by atoms with Crippen molar-refractivity contribution in [2.24, 2.45) is 5.73 Å². The molecule has 0 fully saturated rings. The molecule has 2 N–H and O–H groups in total. The first-order chi connectivity index (χ1) is 10.2. The third kappa shape index (κ3) is 4.22. The minimum Gasteiger partial charge on any atom is -0.399 e. The van der Waals surface area contributed by atoms with Gasteiger partial charge in [-0.15, -0.1) is 0 Å². The van der Waals surface area contributed by atoms with Crippen molar-refractivity contribution < 1.29 is 0 Å². The predicted octanol–water partition coefficient (Wildman–Crippen LogP) is 4.87. The molecule has 0 aliphatic carbocycles. The molecule has 0 heterocycles. The van der Waals surface area contributed by atoms with Crippen molar-refractivity contribution in [3.8, 4) is 11.1 Å². The lowest BCUT2D eigenvalue weighted by atomic mass is 10.0. The molecular weight excluding hydrogens is 254 g/mol. The Labute approximate surface area is 127 Å². The second-order valence-electron chi connectivity index (χ2n) is 5.01. The van der Waals surface area contributed by atoms with Crippen molar-refractivity contribution in [2.75, 3.05) is 0 Å². The molecule has 0 atom stereocenters. The summed E-state index contributed by atoms with van der Waals surface area (Å²) in [6.45, 7) is 5.67. The minimum atomic E-state index is 0.807. The van der Waals surface area contributed by atoms with Gasteiger partial charge >= 0.3 is 0 Å². The molecule has 0 bridgehead atoms. The third-order valence-electron chi connectivity index (χ3n) is 3.44. The summed E-state index contributed by atoms with van der Waals surface area (Å²) in [5.41, 5.74) is 11.6. The summed E-state index contributed by atoms with van der Waals surface area (Å²) >= 11 is 0. The number of rotatable bonds is 5. The molecule has 0 saturated heterocycles. The van der Waals surface area contributed by atoms with Crippen LogP contribution in [-0.2, 0) is 6.42 Å². The molecule has 1 heteroatoms. The van der Waals surface area contributed by atoms with E-state index in [4.69, 9.17) is 5.73 Å². The van der Waals surface area contributed by atoms with Crippen LogP contribution in [0.15, 0.2) is 90.7 Å². The summed E-state index contributed by atoms with van der Waals surface area (Å²) in [6, 6.07) is 19.0. The first kappa shape index (κ1) is 14.9. The van der Waals surface area contributed by atoms with Gasteiger partial charge in [0.15, 0.2) is 0 Å². The molecule has 2 rings (SSSR count). The van der Waals surface area contributed by atoms with Gasteiger partial charge in [-0.25, -0.2) is 0 Å². The maximum absolute atomic E-state index is 6.02. The van der Waals surface area contributed by atoms with E-state index in [1.807, 2.05) is 25.1 Å². The quantitative estimate of drug-likeness (QED) is 0.774. The average Bonchev–Trinajstić information content (AvgIpc) is 2.54. The van der Waals surface area contributed by atoms with E-state index in [1.54, 1.807) is 6.08 Å². The second-order valence-corrected chi connectivity index (χ2v) is 5.01. The van der Waals surface area contributed by atoms with Crippen LogP contribution < -0.4 is 5.73 Å². The summed E-state index contributed by atoms with van der Waals surface area (Å²) in [7, 11) is 0. The smallest absolute Gasteiger partial charge is 0.0306 e. The molecule has 21 heavy (non-hydrogen) atoms. The lowest BCUT2D eigenvalue weighted by Gasteiger charge is -2.04. The van der Waals surface area contributed by atoms with E-state index >= 15 is 0 Å². The van der Waals surface area contributed by atoms with Crippen LogP contribution in [0.1, 0.15) is 12.5 Å². The van der Waals surface area contributed by atoms with Crippen molar-refractivity contribution in [3.63, 3.8) is 0 Å². The van der Waals surface area contributed by atoms with Crippen LogP contribution in [0, 0.1) is 0 Å². The Bertz CT molecular complexity index is 646. The van der Waals surface area contributed by atoms with Crippen molar-refractivity contribution >= 4 is 0 Å². The first-order valence-electron chi connectivity index (χ1n) is 7.10. The summed E-state index contributed by atoms with van der Waals surface area (Å²) in [6.07, 6.45) is 6.56. The van der Waals surface area contributed by atoms with E-state index in [0.717, 1.165) is 17.7 Å². The lowest BCUT2D eigenvalue weighted by molar-refractivity contribution is 1.19. The Kier molecular flexibility index (Phi) is 5.16. The van der Waals surface area contributed by atoms with Crippen LogP contribution in [-0.4, -0.2) is 0 Å². The Balaban J connectivity index is 2.08. The molecule has 0 spiro atoms. The van der Waals surface area contributed by atoms with Crippen LogP contribution in [0.5, 0.6) is 0 Å². The van der Waals surface area contributed by atoms with E-state index in [0.29, 0.717) is 0 Å². The fourth-order valence-corrected chi connectivity index (χ4v) is 2.13. The minimum absolute atomic E-state index is 0.807. The van der Waals surface area contributed by atoms with Gasteiger partial charge in [-0.2, -0.15) is 0 Å². The van der Waals surface area contributed by atoms with Crippen LogP contribution >= 0.6 is 0 Å². The molecule has 1 nitrogen and oxygen atoms in total. The highest BCUT2D eigenvalue weighted by Crippen LogP contribution is 2.19. The predicted molar refractivity (Wildman–Crippen MR) is 91.8 cm³/mol. The molecule has 0 unspecified atom stereocenters. The van der Waals surface area contributed by atoms with Crippen LogP contribution in [0.25, 0.3) is 11.1 Å². The lowest BCUT2D eigenvalue weighted by Crippen LogP contribution is -1.99. The molecule has 0 amide bonds. The molecule has 0 aromatic heterocycles. The zero-order valence-corrected chi connectivity index (χ0v) is 12.4. The van der Waals surface area contributed by atoms with Crippen molar-refractivity contribution in [1.82, 2.24) is 0 Å². The topological polar surface area (TPSA) is 26.0 Å². The van der Waals surface area contributed by atoms with E-state index in [1.165, 1.54) is 16.7 Å². The van der Waals surface area contributed by atoms with Crippen LogP contribution in [0.2, 0.25) is 0 Å². The van der Waals surface area contributed by atoms with Gasteiger partial charge < -0.3 is 5.73 Å². The molecule has 2 aromatic rings. The standard InChI is InChI=1S/C20H21N/c1-3-7-16(2)20(21)15-12-17-10-13-19(14-11-17)18-8-5-4-6-9-18/h3-11,13-15H,1,12,21H2,2H3/b16-7+,20-15-. The van der Waals surface area contributed by atoms with Crippen molar-refractivity contribution in [3.05, 3.63) is 96.2 Å². The largest absolute Gasteiger partial charge is 0.399 e. The monoisotopic (exact) mass is 275 g/mol. The van der Waals surface area contributed by atoms with E-state index in [9.17, 15) is 0 Å². The fourth-order valence-electron chi connectivity index (χ4n) is 2.13. The Morgan fingerprint density at radius 3 is 2.24 bits per heavy atom. The first-order valence-corrected chi connectivity index (χ1v) is 7.10. The van der Waals surface area contributed by atoms with Gasteiger partial charge in [0.05, 0.1) is 0 Å². The highest BCUT2D eigenvalue weighted by Gasteiger charge is 1.98. The molecule has 0 saturated carbocycles. The Hall–Kier alpha value is -2.54.